The SMILES string of the molecule is CC(C)N(C(=O)[C@H]1CC2COc3ccccc3C2N1C)C(C)C. The van der Waals surface area contributed by atoms with E-state index in [1.165, 1.54) is 5.56 Å². The van der Waals surface area contributed by atoms with Crippen LogP contribution in [0, 0.1) is 5.92 Å². The number of likely N-dealkylation sites (tertiary alicyclic amines) is 1. The average Bonchev–Trinajstić information content (AvgIpc) is 2.84. The third kappa shape index (κ3) is 2.74. The molecule has 1 amide bonds. The maximum absolute atomic E-state index is 13.1. The Kier molecular flexibility index (Phi) is 4.37. The molecule has 126 valence electrons. The van der Waals surface area contributed by atoms with E-state index in [0.29, 0.717) is 12.5 Å². The number of ether oxygens (including phenoxy) is 1. The van der Waals surface area contributed by atoms with Crippen molar-refractivity contribution in [2.24, 2.45) is 5.92 Å². The molecule has 2 aliphatic rings. The van der Waals surface area contributed by atoms with Crippen molar-refractivity contribution in [2.75, 3.05) is 13.7 Å². The molecule has 1 saturated heterocycles. The summed E-state index contributed by atoms with van der Waals surface area (Å²) in [7, 11) is 2.09. The van der Waals surface area contributed by atoms with Crippen molar-refractivity contribution in [1.29, 1.82) is 0 Å². The molecule has 23 heavy (non-hydrogen) atoms. The lowest BCUT2D eigenvalue weighted by atomic mass is 9.91. The van der Waals surface area contributed by atoms with E-state index in [4.69, 9.17) is 4.74 Å². The van der Waals surface area contributed by atoms with Crippen LogP contribution < -0.4 is 4.74 Å². The monoisotopic (exact) mass is 316 g/mol. The van der Waals surface area contributed by atoms with Gasteiger partial charge >= 0.3 is 0 Å². The zero-order valence-electron chi connectivity index (χ0n) is 14.8. The number of rotatable bonds is 3. The molecule has 0 aliphatic carbocycles. The Labute approximate surface area is 139 Å². The van der Waals surface area contributed by atoms with Gasteiger partial charge in [-0.05, 0) is 47.2 Å². The predicted molar refractivity (Wildman–Crippen MR) is 91.5 cm³/mol. The first kappa shape index (κ1) is 16.3. The van der Waals surface area contributed by atoms with E-state index in [0.717, 1.165) is 12.2 Å². The summed E-state index contributed by atoms with van der Waals surface area (Å²) in [5.74, 6) is 1.62. The van der Waals surface area contributed by atoms with Crippen LogP contribution in [-0.2, 0) is 4.79 Å². The van der Waals surface area contributed by atoms with Gasteiger partial charge in [0, 0.05) is 29.6 Å². The number of hydrogen-bond acceptors (Lipinski definition) is 3. The van der Waals surface area contributed by atoms with Gasteiger partial charge in [0.1, 0.15) is 5.75 Å². The molecule has 2 aliphatic heterocycles. The summed E-state index contributed by atoms with van der Waals surface area (Å²) in [6, 6.07) is 8.92. The number of carbonyl (C=O) groups is 1. The molecule has 2 unspecified atom stereocenters. The Morgan fingerprint density at radius 3 is 2.52 bits per heavy atom. The quantitative estimate of drug-likeness (QED) is 0.859. The number of nitrogens with zero attached hydrogens (tertiary/aromatic N) is 2. The van der Waals surface area contributed by atoms with Crippen molar-refractivity contribution in [3.8, 4) is 5.75 Å². The third-order valence-electron chi connectivity index (χ3n) is 5.25. The molecule has 0 N–H and O–H groups in total. The van der Waals surface area contributed by atoms with E-state index in [1.54, 1.807) is 0 Å². The molecule has 4 heteroatoms. The van der Waals surface area contributed by atoms with Crippen LogP contribution >= 0.6 is 0 Å². The van der Waals surface area contributed by atoms with Crippen molar-refractivity contribution in [1.82, 2.24) is 9.80 Å². The van der Waals surface area contributed by atoms with Crippen LogP contribution in [0.1, 0.15) is 45.7 Å². The maximum atomic E-state index is 13.1. The second kappa shape index (κ2) is 6.16. The van der Waals surface area contributed by atoms with E-state index >= 15 is 0 Å². The average molecular weight is 316 g/mol. The van der Waals surface area contributed by atoms with Gasteiger partial charge in [-0.2, -0.15) is 0 Å². The van der Waals surface area contributed by atoms with Crippen LogP contribution in [0.4, 0.5) is 0 Å². The Bertz CT molecular complexity index is 576. The summed E-state index contributed by atoms with van der Waals surface area (Å²) in [6.45, 7) is 9.09. The molecule has 4 nitrogen and oxygen atoms in total. The largest absolute Gasteiger partial charge is 0.493 e. The number of benzene rings is 1. The van der Waals surface area contributed by atoms with Crippen LogP contribution in [0.2, 0.25) is 0 Å². The fourth-order valence-corrected chi connectivity index (χ4v) is 4.35. The Balaban J connectivity index is 1.87. The highest BCUT2D eigenvalue weighted by molar-refractivity contribution is 5.83. The summed E-state index contributed by atoms with van der Waals surface area (Å²) >= 11 is 0. The highest BCUT2D eigenvalue weighted by Gasteiger charge is 2.47. The summed E-state index contributed by atoms with van der Waals surface area (Å²) in [5, 5.41) is 0. The number of likely N-dealkylation sites (N-methyl/N-ethyl adjacent to an activating group) is 1. The van der Waals surface area contributed by atoms with E-state index in [2.05, 4.69) is 51.8 Å². The molecule has 0 spiro atoms. The van der Waals surface area contributed by atoms with Crippen LogP contribution in [-0.4, -0.2) is 47.5 Å². The highest BCUT2D eigenvalue weighted by atomic mass is 16.5. The van der Waals surface area contributed by atoms with Crippen molar-refractivity contribution in [3.05, 3.63) is 29.8 Å². The van der Waals surface area contributed by atoms with Gasteiger partial charge in [0.2, 0.25) is 5.91 Å². The maximum Gasteiger partial charge on any atom is 0.240 e. The molecule has 0 bridgehead atoms. The molecule has 0 aromatic heterocycles. The zero-order chi connectivity index (χ0) is 16.7. The minimum atomic E-state index is -0.0513. The Hall–Kier alpha value is -1.55. The molecule has 1 aromatic carbocycles. The fourth-order valence-electron chi connectivity index (χ4n) is 4.35. The molecular formula is C19H28N2O2. The lowest BCUT2D eigenvalue weighted by Crippen LogP contribution is -2.50. The fraction of sp³-hybridized carbons (Fsp3) is 0.632. The lowest BCUT2D eigenvalue weighted by Gasteiger charge is -2.36. The van der Waals surface area contributed by atoms with E-state index < -0.39 is 0 Å². The number of fused-ring (bicyclic) bond motifs is 3. The normalized spacial score (nSPS) is 26.8. The first-order valence-electron chi connectivity index (χ1n) is 8.67. The van der Waals surface area contributed by atoms with Crippen LogP contribution in [0.3, 0.4) is 0 Å². The van der Waals surface area contributed by atoms with Crippen molar-refractivity contribution >= 4 is 5.91 Å². The number of carbonyl (C=O) groups excluding carboxylic acids is 1. The molecule has 3 rings (SSSR count). The molecule has 1 fully saturated rings. The first-order chi connectivity index (χ1) is 10.9. The Morgan fingerprint density at radius 1 is 1.22 bits per heavy atom. The summed E-state index contributed by atoms with van der Waals surface area (Å²) in [4.78, 5) is 17.4. The van der Waals surface area contributed by atoms with Gasteiger partial charge in [0.15, 0.2) is 0 Å². The summed E-state index contributed by atoms with van der Waals surface area (Å²) in [6.07, 6.45) is 0.879. The van der Waals surface area contributed by atoms with Crippen molar-refractivity contribution in [3.63, 3.8) is 0 Å². The minimum Gasteiger partial charge on any atom is -0.493 e. The number of amides is 1. The zero-order valence-corrected chi connectivity index (χ0v) is 14.8. The standard InChI is InChI=1S/C19H28N2O2/c1-12(2)21(13(3)4)19(22)16-10-14-11-23-17-9-7-6-8-15(17)18(14)20(16)5/h6-9,12-14,16,18H,10-11H2,1-5H3/t14?,16-,18?/m1/s1. The topological polar surface area (TPSA) is 32.8 Å². The predicted octanol–water partition coefficient (Wildman–Crippen LogP) is 3.09. The van der Waals surface area contributed by atoms with Crippen LogP contribution in [0.5, 0.6) is 5.75 Å². The van der Waals surface area contributed by atoms with Gasteiger partial charge in [-0.25, -0.2) is 0 Å². The van der Waals surface area contributed by atoms with E-state index in [1.807, 2.05) is 17.0 Å². The minimum absolute atomic E-state index is 0.0513. The molecule has 1 aromatic rings. The second-order valence-electron chi connectivity index (χ2n) is 7.40. The molecule has 3 atom stereocenters. The van der Waals surface area contributed by atoms with Gasteiger partial charge in [0.25, 0.3) is 0 Å². The van der Waals surface area contributed by atoms with Gasteiger partial charge in [-0.1, -0.05) is 18.2 Å². The summed E-state index contributed by atoms with van der Waals surface area (Å²) in [5.41, 5.74) is 1.22. The second-order valence-corrected chi connectivity index (χ2v) is 7.40. The number of hydrogen-bond donors (Lipinski definition) is 0. The molecular weight excluding hydrogens is 288 g/mol. The van der Waals surface area contributed by atoms with E-state index in [-0.39, 0.29) is 30.1 Å². The number of para-hydroxylation sites is 1. The van der Waals surface area contributed by atoms with E-state index in [9.17, 15) is 4.79 Å². The van der Waals surface area contributed by atoms with Crippen LogP contribution in [0.15, 0.2) is 24.3 Å². The molecule has 0 saturated carbocycles. The van der Waals surface area contributed by atoms with Gasteiger partial charge in [0.05, 0.1) is 12.6 Å². The lowest BCUT2D eigenvalue weighted by molar-refractivity contribution is -0.139. The van der Waals surface area contributed by atoms with Gasteiger partial charge in [-0.3, -0.25) is 9.69 Å². The van der Waals surface area contributed by atoms with Crippen molar-refractivity contribution < 1.29 is 9.53 Å². The van der Waals surface area contributed by atoms with Crippen LogP contribution in [0.25, 0.3) is 0 Å². The smallest absolute Gasteiger partial charge is 0.240 e. The van der Waals surface area contributed by atoms with Gasteiger partial charge < -0.3 is 9.64 Å². The third-order valence-corrected chi connectivity index (χ3v) is 5.25. The molecule has 0 radical (unpaired) electrons. The first-order valence-corrected chi connectivity index (χ1v) is 8.67. The Morgan fingerprint density at radius 2 is 1.87 bits per heavy atom. The highest BCUT2D eigenvalue weighted by Crippen LogP contribution is 2.46. The summed E-state index contributed by atoms with van der Waals surface area (Å²) < 4.78 is 5.92. The molecule has 2 heterocycles. The van der Waals surface area contributed by atoms with Crippen molar-refractivity contribution in [2.45, 2.75) is 58.3 Å². The van der Waals surface area contributed by atoms with Gasteiger partial charge in [-0.15, -0.1) is 0 Å².